The summed E-state index contributed by atoms with van der Waals surface area (Å²) < 4.78 is 20.6. The van der Waals surface area contributed by atoms with Crippen LogP contribution in [0.3, 0.4) is 0 Å². The maximum Gasteiger partial charge on any atom is 0.311 e. The molecule has 0 bridgehead atoms. The maximum absolute atomic E-state index is 13.7. The Morgan fingerprint density at radius 1 is 1.26 bits per heavy atom. The fraction of sp³-hybridized carbons (Fsp3) is 0.423. The molecule has 0 spiro atoms. The number of pyridine rings is 1. The fourth-order valence-corrected chi connectivity index (χ4v) is 4.89. The van der Waals surface area contributed by atoms with Gasteiger partial charge >= 0.3 is 5.97 Å². The van der Waals surface area contributed by atoms with Crippen LogP contribution in [-0.4, -0.2) is 40.0 Å². The largest absolute Gasteiger partial charge is 0.469 e. The number of amides is 1. The molecule has 34 heavy (non-hydrogen) atoms. The van der Waals surface area contributed by atoms with Crippen molar-refractivity contribution in [2.75, 3.05) is 13.7 Å². The fourth-order valence-electron chi connectivity index (χ4n) is 4.68. The number of methoxy groups -OCH3 is 1. The number of hydrogen-bond donors (Lipinski definition) is 0. The van der Waals surface area contributed by atoms with Gasteiger partial charge in [0.15, 0.2) is 0 Å². The molecule has 1 aromatic carbocycles. The lowest BCUT2D eigenvalue weighted by Gasteiger charge is -2.29. The number of halogens is 2. The Morgan fingerprint density at radius 3 is 2.79 bits per heavy atom. The van der Waals surface area contributed by atoms with Gasteiger partial charge in [-0.25, -0.2) is 9.37 Å². The minimum absolute atomic E-state index is 0.0703. The van der Waals surface area contributed by atoms with E-state index in [0.717, 1.165) is 28.7 Å². The number of fused-ring (bicyclic) bond motifs is 3. The molecular formula is C26H29ClFN3O3. The van der Waals surface area contributed by atoms with E-state index < -0.39 is 11.2 Å². The van der Waals surface area contributed by atoms with Crippen molar-refractivity contribution in [1.29, 1.82) is 0 Å². The van der Waals surface area contributed by atoms with Crippen LogP contribution in [0.15, 0.2) is 36.5 Å². The second-order valence-corrected chi connectivity index (χ2v) is 9.84. The third kappa shape index (κ3) is 4.80. The van der Waals surface area contributed by atoms with Crippen LogP contribution in [0.2, 0.25) is 5.02 Å². The molecule has 0 unspecified atom stereocenters. The predicted molar refractivity (Wildman–Crippen MR) is 129 cm³/mol. The predicted octanol–water partition coefficient (Wildman–Crippen LogP) is 5.13. The molecule has 0 fully saturated rings. The first-order chi connectivity index (χ1) is 16.2. The van der Waals surface area contributed by atoms with E-state index in [9.17, 15) is 14.0 Å². The normalized spacial score (nSPS) is 13.7. The first kappa shape index (κ1) is 24.2. The van der Waals surface area contributed by atoms with Crippen LogP contribution < -0.4 is 0 Å². The van der Waals surface area contributed by atoms with Crippen molar-refractivity contribution in [1.82, 2.24) is 14.5 Å². The number of ether oxygens (including phenoxy) is 1. The van der Waals surface area contributed by atoms with E-state index in [1.165, 1.54) is 18.7 Å². The number of nitrogens with zero attached hydrogens (tertiary/aromatic N) is 3. The zero-order valence-electron chi connectivity index (χ0n) is 19.7. The van der Waals surface area contributed by atoms with Crippen LogP contribution >= 0.6 is 11.6 Å². The van der Waals surface area contributed by atoms with E-state index >= 15 is 0 Å². The van der Waals surface area contributed by atoms with Gasteiger partial charge in [-0.3, -0.25) is 9.59 Å². The first-order valence-corrected chi connectivity index (χ1v) is 11.8. The second kappa shape index (κ2) is 9.74. The Balaban J connectivity index is 1.54. The maximum atomic E-state index is 13.7. The molecule has 0 atom stereocenters. The zero-order valence-corrected chi connectivity index (χ0v) is 20.5. The highest BCUT2D eigenvalue weighted by Gasteiger charge is 2.30. The monoisotopic (exact) mass is 485 g/mol. The third-order valence-electron chi connectivity index (χ3n) is 6.62. The topological polar surface area (TPSA) is 64.4 Å². The van der Waals surface area contributed by atoms with Crippen molar-refractivity contribution in [2.24, 2.45) is 5.41 Å². The summed E-state index contributed by atoms with van der Waals surface area (Å²) in [6.45, 7) is 5.29. The Labute approximate surface area is 203 Å². The number of aromatic nitrogens is 2. The van der Waals surface area contributed by atoms with Crippen molar-refractivity contribution < 1.29 is 18.7 Å². The Bertz CT molecular complexity index is 1240. The van der Waals surface area contributed by atoms with Crippen LogP contribution in [0.5, 0.6) is 0 Å². The summed E-state index contributed by atoms with van der Waals surface area (Å²) in [6, 6.07) is 8.70. The SMILES string of the molecule is COC(=O)C(C)(C)CCCC(=O)N1CCc2c(n(Cc3ccc(F)c(Cl)c3)c3ncccc23)C1. The van der Waals surface area contributed by atoms with Crippen molar-refractivity contribution in [2.45, 2.75) is 52.6 Å². The molecule has 0 N–H and O–H groups in total. The Kier molecular flexibility index (Phi) is 6.94. The molecule has 0 radical (unpaired) electrons. The molecule has 4 rings (SSSR count). The highest BCUT2D eigenvalue weighted by atomic mass is 35.5. The summed E-state index contributed by atoms with van der Waals surface area (Å²) in [5.74, 6) is -0.642. The molecular weight excluding hydrogens is 457 g/mol. The molecule has 1 aliphatic heterocycles. The average molecular weight is 486 g/mol. The second-order valence-electron chi connectivity index (χ2n) is 9.43. The van der Waals surface area contributed by atoms with E-state index in [1.54, 1.807) is 18.3 Å². The van der Waals surface area contributed by atoms with Crippen molar-refractivity contribution in [3.8, 4) is 0 Å². The van der Waals surface area contributed by atoms with E-state index in [0.29, 0.717) is 38.9 Å². The molecule has 6 nitrogen and oxygen atoms in total. The third-order valence-corrected chi connectivity index (χ3v) is 6.91. The van der Waals surface area contributed by atoms with E-state index in [-0.39, 0.29) is 16.9 Å². The van der Waals surface area contributed by atoms with Gasteiger partial charge < -0.3 is 14.2 Å². The summed E-state index contributed by atoms with van der Waals surface area (Å²) in [6.07, 6.45) is 4.08. The van der Waals surface area contributed by atoms with Gasteiger partial charge in [0, 0.05) is 36.8 Å². The molecule has 2 aromatic heterocycles. The molecule has 0 aliphatic carbocycles. The number of esters is 1. The minimum atomic E-state index is -0.612. The van der Waals surface area contributed by atoms with Crippen molar-refractivity contribution in [3.05, 3.63) is 64.2 Å². The number of hydrogen-bond acceptors (Lipinski definition) is 4. The molecule has 0 saturated carbocycles. The van der Waals surface area contributed by atoms with Gasteiger partial charge in [0.1, 0.15) is 11.5 Å². The Hall–Kier alpha value is -2.93. The van der Waals surface area contributed by atoms with Crippen molar-refractivity contribution in [3.63, 3.8) is 0 Å². The number of benzene rings is 1. The Morgan fingerprint density at radius 2 is 2.06 bits per heavy atom. The van der Waals surface area contributed by atoms with Gasteiger partial charge in [-0.2, -0.15) is 0 Å². The standard InChI is InChI=1S/C26H29ClFN3O3/c1-26(2,25(33)34-3)11-4-7-23(32)30-13-10-18-19-6-5-12-29-24(19)31(22(18)16-30)15-17-8-9-21(28)20(27)14-17/h5-6,8-9,12,14H,4,7,10-11,13,15-16H2,1-3H3. The summed E-state index contributed by atoms with van der Waals surface area (Å²) in [5.41, 5.74) is 3.35. The van der Waals surface area contributed by atoms with Gasteiger partial charge in [0.2, 0.25) is 5.91 Å². The van der Waals surface area contributed by atoms with Gasteiger partial charge in [0.25, 0.3) is 0 Å². The summed E-state index contributed by atoms with van der Waals surface area (Å²) >= 11 is 6.01. The van der Waals surface area contributed by atoms with Crippen LogP contribution in [0.1, 0.15) is 49.9 Å². The van der Waals surface area contributed by atoms with Crippen LogP contribution in [0.25, 0.3) is 11.0 Å². The number of rotatable bonds is 7. The molecule has 180 valence electrons. The lowest BCUT2D eigenvalue weighted by molar-refractivity contribution is -0.151. The van der Waals surface area contributed by atoms with Gasteiger partial charge in [-0.1, -0.05) is 17.7 Å². The van der Waals surface area contributed by atoms with E-state index in [4.69, 9.17) is 16.3 Å². The lowest BCUT2D eigenvalue weighted by atomic mass is 9.87. The summed E-state index contributed by atoms with van der Waals surface area (Å²) in [7, 11) is 1.38. The van der Waals surface area contributed by atoms with Gasteiger partial charge in [0.05, 0.1) is 24.1 Å². The van der Waals surface area contributed by atoms with Crippen LogP contribution in [0, 0.1) is 11.2 Å². The highest BCUT2D eigenvalue weighted by Crippen LogP contribution is 2.32. The summed E-state index contributed by atoms with van der Waals surface area (Å²) in [4.78, 5) is 31.4. The molecule has 1 aliphatic rings. The van der Waals surface area contributed by atoms with Gasteiger partial charge in [-0.15, -0.1) is 0 Å². The van der Waals surface area contributed by atoms with Crippen molar-refractivity contribution >= 4 is 34.5 Å². The minimum Gasteiger partial charge on any atom is -0.469 e. The number of carbonyl (C=O) groups excluding carboxylic acids is 2. The molecule has 8 heteroatoms. The van der Waals surface area contributed by atoms with E-state index in [2.05, 4.69) is 15.6 Å². The molecule has 1 amide bonds. The van der Waals surface area contributed by atoms with Crippen LogP contribution in [0.4, 0.5) is 4.39 Å². The van der Waals surface area contributed by atoms with E-state index in [1.807, 2.05) is 24.8 Å². The average Bonchev–Trinajstić information content (AvgIpc) is 3.13. The molecule has 3 aromatic rings. The highest BCUT2D eigenvalue weighted by molar-refractivity contribution is 6.30. The quantitative estimate of drug-likeness (QED) is 0.435. The van der Waals surface area contributed by atoms with Crippen LogP contribution in [-0.2, 0) is 33.8 Å². The first-order valence-electron chi connectivity index (χ1n) is 11.5. The summed E-state index contributed by atoms with van der Waals surface area (Å²) in [5, 5.41) is 1.17. The smallest absolute Gasteiger partial charge is 0.311 e. The number of carbonyl (C=O) groups is 2. The molecule has 0 saturated heterocycles. The van der Waals surface area contributed by atoms with Gasteiger partial charge in [-0.05, 0) is 68.5 Å². The zero-order chi connectivity index (χ0) is 24.5. The lowest BCUT2D eigenvalue weighted by Crippen LogP contribution is -2.37. The molecule has 3 heterocycles.